The lowest BCUT2D eigenvalue weighted by atomic mass is 10.1. The highest BCUT2D eigenvalue weighted by Crippen LogP contribution is 2.10. The van der Waals surface area contributed by atoms with Gasteiger partial charge in [-0.05, 0) is 18.1 Å². The second-order valence-electron chi connectivity index (χ2n) is 2.74. The van der Waals surface area contributed by atoms with Crippen molar-refractivity contribution in [1.29, 1.82) is 0 Å². The van der Waals surface area contributed by atoms with Crippen LogP contribution in [0.2, 0.25) is 0 Å². The summed E-state index contributed by atoms with van der Waals surface area (Å²) in [5, 5.41) is 0. The number of nitrogens with two attached hydrogens (primary N) is 1. The van der Waals surface area contributed by atoms with Crippen molar-refractivity contribution in [2.75, 3.05) is 0 Å². The van der Waals surface area contributed by atoms with Gasteiger partial charge in [0.1, 0.15) is 17.9 Å². The summed E-state index contributed by atoms with van der Waals surface area (Å²) in [4.78, 5) is 10.2. The fourth-order valence-corrected chi connectivity index (χ4v) is 0.989. The molecule has 0 radical (unpaired) electrons. The quantitative estimate of drug-likeness (QED) is 0.715. The first-order valence-electron chi connectivity index (χ1n) is 3.78. The van der Waals surface area contributed by atoms with Crippen LogP contribution < -0.4 is 5.73 Å². The van der Waals surface area contributed by atoms with E-state index < -0.39 is 17.7 Å². The van der Waals surface area contributed by atoms with Crippen LogP contribution in [0.25, 0.3) is 0 Å². The van der Waals surface area contributed by atoms with Crippen LogP contribution in [0.15, 0.2) is 18.2 Å². The van der Waals surface area contributed by atoms with Gasteiger partial charge >= 0.3 is 0 Å². The van der Waals surface area contributed by atoms with Gasteiger partial charge in [-0.3, -0.25) is 0 Å². The average molecular weight is 185 g/mol. The predicted molar refractivity (Wildman–Crippen MR) is 44.1 cm³/mol. The molecule has 70 valence electrons. The van der Waals surface area contributed by atoms with E-state index in [4.69, 9.17) is 5.73 Å². The first-order valence-corrected chi connectivity index (χ1v) is 3.78. The number of hydrogen-bond acceptors (Lipinski definition) is 2. The molecule has 0 spiro atoms. The van der Waals surface area contributed by atoms with Gasteiger partial charge in [-0.1, -0.05) is 6.07 Å². The Balaban J connectivity index is 2.83. The van der Waals surface area contributed by atoms with E-state index in [0.29, 0.717) is 6.29 Å². The van der Waals surface area contributed by atoms with Crippen molar-refractivity contribution >= 4 is 6.29 Å². The minimum Gasteiger partial charge on any atom is -0.321 e. The fourth-order valence-electron chi connectivity index (χ4n) is 0.989. The number of hydrogen-bond donors (Lipinski definition) is 1. The summed E-state index contributed by atoms with van der Waals surface area (Å²) < 4.78 is 25.4. The summed E-state index contributed by atoms with van der Waals surface area (Å²) >= 11 is 0. The third-order valence-electron chi connectivity index (χ3n) is 1.65. The molecular formula is C9H9F2NO. The Bertz CT molecular complexity index is 314. The van der Waals surface area contributed by atoms with E-state index in [1.54, 1.807) is 0 Å². The highest BCUT2D eigenvalue weighted by Gasteiger charge is 2.07. The Kier molecular flexibility index (Phi) is 3.08. The van der Waals surface area contributed by atoms with Crippen LogP contribution >= 0.6 is 0 Å². The standard InChI is InChI=1S/C9H9F2NO/c10-7-2-1-6(9(11)4-7)3-8(12)5-13/h1-2,4-5,8H,3,12H2. The maximum Gasteiger partial charge on any atom is 0.137 e. The molecule has 1 atom stereocenters. The zero-order valence-electron chi connectivity index (χ0n) is 6.84. The third kappa shape index (κ3) is 2.59. The summed E-state index contributed by atoms with van der Waals surface area (Å²) in [5.41, 5.74) is 5.53. The predicted octanol–water partition coefficient (Wildman–Crippen LogP) is 1.03. The molecule has 2 N–H and O–H groups in total. The van der Waals surface area contributed by atoms with Crippen LogP contribution in [-0.2, 0) is 11.2 Å². The van der Waals surface area contributed by atoms with Crippen molar-refractivity contribution in [3.8, 4) is 0 Å². The number of aldehydes is 1. The lowest BCUT2D eigenvalue weighted by Gasteiger charge is -2.04. The third-order valence-corrected chi connectivity index (χ3v) is 1.65. The number of benzene rings is 1. The molecule has 1 aromatic rings. The topological polar surface area (TPSA) is 43.1 Å². The Morgan fingerprint density at radius 2 is 2.15 bits per heavy atom. The SMILES string of the molecule is NC(C=O)Cc1ccc(F)cc1F. The summed E-state index contributed by atoms with van der Waals surface area (Å²) in [7, 11) is 0. The van der Waals surface area contributed by atoms with Gasteiger partial charge in [0.15, 0.2) is 0 Å². The number of carbonyl (C=O) groups is 1. The minimum absolute atomic E-state index is 0.0929. The first kappa shape index (κ1) is 9.80. The molecule has 2 nitrogen and oxygen atoms in total. The van der Waals surface area contributed by atoms with Gasteiger partial charge in [0.25, 0.3) is 0 Å². The molecule has 0 fully saturated rings. The van der Waals surface area contributed by atoms with Crippen molar-refractivity contribution in [2.24, 2.45) is 5.73 Å². The van der Waals surface area contributed by atoms with Gasteiger partial charge in [0.05, 0.1) is 6.04 Å². The van der Waals surface area contributed by atoms with E-state index in [-0.39, 0.29) is 12.0 Å². The van der Waals surface area contributed by atoms with E-state index in [1.165, 1.54) is 6.07 Å². The Morgan fingerprint density at radius 1 is 1.46 bits per heavy atom. The molecule has 1 aromatic carbocycles. The molecule has 0 bridgehead atoms. The monoisotopic (exact) mass is 185 g/mol. The number of rotatable bonds is 3. The fraction of sp³-hybridized carbons (Fsp3) is 0.222. The zero-order valence-corrected chi connectivity index (χ0v) is 6.84. The number of halogens is 2. The normalized spacial score (nSPS) is 12.5. The average Bonchev–Trinajstić information content (AvgIpc) is 2.09. The van der Waals surface area contributed by atoms with Gasteiger partial charge in [-0.15, -0.1) is 0 Å². The lowest BCUT2D eigenvalue weighted by Crippen LogP contribution is -2.24. The molecule has 13 heavy (non-hydrogen) atoms. The van der Waals surface area contributed by atoms with Crippen LogP contribution in [0.5, 0.6) is 0 Å². The van der Waals surface area contributed by atoms with Crippen molar-refractivity contribution in [3.63, 3.8) is 0 Å². The van der Waals surface area contributed by atoms with Crippen molar-refractivity contribution in [2.45, 2.75) is 12.5 Å². The molecule has 1 unspecified atom stereocenters. The van der Waals surface area contributed by atoms with Crippen LogP contribution in [-0.4, -0.2) is 12.3 Å². The summed E-state index contributed by atoms with van der Waals surface area (Å²) in [6.07, 6.45) is 0.623. The molecule has 0 aromatic heterocycles. The van der Waals surface area contributed by atoms with Crippen LogP contribution in [0.3, 0.4) is 0 Å². The van der Waals surface area contributed by atoms with E-state index in [2.05, 4.69) is 0 Å². The maximum absolute atomic E-state index is 12.9. The van der Waals surface area contributed by atoms with Crippen molar-refractivity contribution in [3.05, 3.63) is 35.4 Å². The Hall–Kier alpha value is -1.29. The molecule has 0 saturated heterocycles. The molecule has 0 aliphatic rings. The van der Waals surface area contributed by atoms with Gasteiger partial charge in [0.2, 0.25) is 0 Å². The second kappa shape index (κ2) is 4.09. The molecule has 0 aliphatic heterocycles. The minimum atomic E-state index is -0.736. The molecular weight excluding hydrogens is 176 g/mol. The Labute approximate surface area is 74.4 Å². The second-order valence-corrected chi connectivity index (χ2v) is 2.74. The molecule has 0 amide bonds. The number of carbonyl (C=O) groups excluding carboxylic acids is 1. The van der Waals surface area contributed by atoms with Crippen molar-refractivity contribution < 1.29 is 13.6 Å². The maximum atomic E-state index is 12.9. The van der Waals surface area contributed by atoms with E-state index in [9.17, 15) is 13.6 Å². The van der Waals surface area contributed by atoms with Crippen LogP contribution in [0, 0.1) is 11.6 Å². The zero-order chi connectivity index (χ0) is 9.84. The summed E-state index contributed by atoms with van der Waals surface area (Å²) in [5.74, 6) is -1.31. The van der Waals surface area contributed by atoms with Gasteiger partial charge < -0.3 is 10.5 Å². The lowest BCUT2D eigenvalue weighted by molar-refractivity contribution is -0.108. The largest absolute Gasteiger partial charge is 0.321 e. The van der Waals surface area contributed by atoms with Crippen molar-refractivity contribution in [1.82, 2.24) is 0 Å². The van der Waals surface area contributed by atoms with E-state index in [1.807, 2.05) is 0 Å². The van der Waals surface area contributed by atoms with E-state index >= 15 is 0 Å². The van der Waals surface area contributed by atoms with Gasteiger partial charge in [-0.25, -0.2) is 8.78 Å². The molecule has 0 aliphatic carbocycles. The van der Waals surface area contributed by atoms with E-state index in [0.717, 1.165) is 12.1 Å². The Morgan fingerprint density at radius 3 is 2.69 bits per heavy atom. The van der Waals surface area contributed by atoms with Crippen LogP contribution in [0.4, 0.5) is 8.78 Å². The van der Waals surface area contributed by atoms with Gasteiger partial charge in [0, 0.05) is 6.07 Å². The molecule has 1 rings (SSSR count). The highest BCUT2D eigenvalue weighted by atomic mass is 19.1. The molecule has 4 heteroatoms. The molecule has 0 heterocycles. The summed E-state index contributed by atoms with van der Waals surface area (Å²) in [6, 6.07) is 2.46. The molecule has 0 saturated carbocycles. The van der Waals surface area contributed by atoms with Gasteiger partial charge in [-0.2, -0.15) is 0 Å². The first-order chi connectivity index (χ1) is 6.13. The highest BCUT2D eigenvalue weighted by molar-refractivity contribution is 5.57. The smallest absolute Gasteiger partial charge is 0.137 e. The van der Waals surface area contributed by atoms with Crippen LogP contribution in [0.1, 0.15) is 5.56 Å². The summed E-state index contributed by atoms with van der Waals surface area (Å²) in [6.45, 7) is 0.